The van der Waals surface area contributed by atoms with Gasteiger partial charge < -0.3 is 10.6 Å². The highest BCUT2D eigenvalue weighted by Crippen LogP contribution is 2.21. The fraction of sp³-hybridized carbons (Fsp3) is 0.286. The molecular weight excluding hydrogens is 260 g/mol. The minimum Gasteiger partial charge on any atom is -0.399 e. The summed E-state index contributed by atoms with van der Waals surface area (Å²) in [5.74, 6) is 0.691. The van der Waals surface area contributed by atoms with E-state index >= 15 is 0 Å². The van der Waals surface area contributed by atoms with Gasteiger partial charge in [-0.25, -0.2) is 9.97 Å². The van der Waals surface area contributed by atoms with Gasteiger partial charge in [-0.15, -0.1) is 0 Å². The Labute approximate surface area is 118 Å². The lowest BCUT2D eigenvalue weighted by atomic mass is 10.2. The van der Waals surface area contributed by atoms with Crippen molar-refractivity contribution in [2.75, 3.05) is 17.7 Å². The fourth-order valence-electron chi connectivity index (χ4n) is 1.92. The average Bonchev–Trinajstić information content (AvgIpc) is 2.32. The summed E-state index contributed by atoms with van der Waals surface area (Å²) in [4.78, 5) is 10.8. The van der Waals surface area contributed by atoms with Gasteiger partial charge in [-0.05, 0) is 43.7 Å². The van der Waals surface area contributed by atoms with Gasteiger partial charge in [-0.3, -0.25) is 0 Å². The second-order valence-electron chi connectivity index (χ2n) is 4.66. The highest BCUT2D eigenvalue weighted by atomic mass is 35.5. The zero-order valence-corrected chi connectivity index (χ0v) is 12.1. The number of anilines is 2. The van der Waals surface area contributed by atoms with Crippen LogP contribution in [0, 0.1) is 13.8 Å². The smallest absolute Gasteiger partial charge is 0.225 e. The molecule has 0 aliphatic carbocycles. The Hall–Kier alpha value is -1.81. The first-order valence-corrected chi connectivity index (χ1v) is 6.41. The van der Waals surface area contributed by atoms with Gasteiger partial charge in [0.05, 0.1) is 0 Å². The Morgan fingerprint density at radius 2 is 1.79 bits per heavy atom. The van der Waals surface area contributed by atoms with Crippen molar-refractivity contribution in [1.82, 2.24) is 9.97 Å². The van der Waals surface area contributed by atoms with Crippen LogP contribution in [0.15, 0.2) is 24.3 Å². The molecular formula is C14H17ClN4. The predicted octanol–water partition coefficient (Wildman–Crippen LogP) is 2.97. The molecule has 0 saturated heterocycles. The van der Waals surface area contributed by atoms with Crippen LogP contribution in [-0.4, -0.2) is 17.0 Å². The second-order valence-corrected chi connectivity index (χ2v) is 5.06. The Kier molecular flexibility index (Phi) is 3.90. The summed E-state index contributed by atoms with van der Waals surface area (Å²) in [5, 5.41) is 0.699. The van der Waals surface area contributed by atoms with Crippen molar-refractivity contribution in [3.05, 3.63) is 46.2 Å². The van der Waals surface area contributed by atoms with Gasteiger partial charge in [0.1, 0.15) is 0 Å². The van der Waals surface area contributed by atoms with Crippen LogP contribution in [0.1, 0.15) is 17.0 Å². The summed E-state index contributed by atoms with van der Waals surface area (Å²) < 4.78 is 0. The highest BCUT2D eigenvalue weighted by molar-refractivity contribution is 6.31. The summed E-state index contributed by atoms with van der Waals surface area (Å²) in [5.41, 5.74) is 9.35. The van der Waals surface area contributed by atoms with Gasteiger partial charge in [0.15, 0.2) is 0 Å². The van der Waals surface area contributed by atoms with Crippen molar-refractivity contribution < 1.29 is 0 Å². The van der Waals surface area contributed by atoms with Crippen molar-refractivity contribution in [1.29, 1.82) is 0 Å². The van der Waals surface area contributed by atoms with E-state index < -0.39 is 0 Å². The van der Waals surface area contributed by atoms with E-state index in [0.717, 1.165) is 17.0 Å². The molecule has 2 rings (SSSR count). The van der Waals surface area contributed by atoms with Crippen molar-refractivity contribution in [3.63, 3.8) is 0 Å². The molecule has 1 aromatic heterocycles. The van der Waals surface area contributed by atoms with Crippen LogP contribution in [0.4, 0.5) is 11.6 Å². The van der Waals surface area contributed by atoms with Crippen LogP contribution in [0.5, 0.6) is 0 Å². The number of aryl methyl sites for hydroxylation is 2. The number of hydrogen-bond acceptors (Lipinski definition) is 4. The van der Waals surface area contributed by atoms with E-state index in [0.29, 0.717) is 23.2 Å². The van der Waals surface area contributed by atoms with E-state index in [4.69, 9.17) is 17.3 Å². The van der Waals surface area contributed by atoms with Gasteiger partial charge in [0.2, 0.25) is 5.95 Å². The minimum atomic E-state index is 0.618. The number of nitrogens with zero attached hydrogens (tertiary/aromatic N) is 3. The molecule has 100 valence electrons. The van der Waals surface area contributed by atoms with Crippen LogP contribution in [0.25, 0.3) is 0 Å². The van der Waals surface area contributed by atoms with Crippen LogP contribution in [-0.2, 0) is 6.54 Å². The largest absolute Gasteiger partial charge is 0.399 e. The molecule has 4 nitrogen and oxygen atoms in total. The van der Waals surface area contributed by atoms with Crippen LogP contribution in [0.2, 0.25) is 5.02 Å². The quantitative estimate of drug-likeness (QED) is 0.876. The summed E-state index contributed by atoms with van der Waals surface area (Å²) in [6.07, 6.45) is 0. The Morgan fingerprint density at radius 1 is 1.16 bits per heavy atom. The number of nitrogens with two attached hydrogens (primary N) is 1. The molecule has 0 bridgehead atoms. The van der Waals surface area contributed by atoms with Crippen LogP contribution in [0.3, 0.4) is 0 Å². The first-order chi connectivity index (χ1) is 8.95. The van der Waals surface area contributed by atoms with E-state index in [1.807, 2.05) is 44.0 Å². The Morgan fingerprint density at radius 3 is 2.42 bits per heavy atom. The molecule has 0 amide bonds. The predicted molar refractivity (Wildman–Crippen MR) is 79.5 cm³/mol. The van der Waals surface area contributed by atoms with Gasteiger partial charge in [-0.1, -0.05) is 11.6 Å². The van der Waals surface area contributed by atoms with E-state index in [2.05, 4.69) is 9.97 Å². The summed E-state index contributed by atoms with van der Waals surface area (Å²) >= 11 is 6.17. The van der Waals surface area contributed by atoms with Crippen LogP contribution >= 0.6 is 11.6 Å². The normalized spacial score (nSPS) is 10.5. The number of halogens is 1. The number of benzene rings is 1. The topological polar surface area (TPSA) is 55.0 Å². The third-order valence-corrected chi connectivity index (χ3v) is 3.16. The molecule has 0 aliphatic heterocycles. The highest BCUT2D eigenvalue weighted by Gasteiger charge is 2.09. The van der Waals surface area contributed by atoms with Crippen molar-refractivity contribution in [3.8, 4) is 0 Å². The zero-order valence-electron chi connectivity index (χ0n) is 11.3. The van der Waals surface area contributed by atoms with E-state index in [9.17, 15) is 0 Å². The SMILES string of the molecule is Cc1cc(C)nc(N(C)Cc2cc(N)ccc2Cl)n1. The number of aromatic nitrogens is 2. The van der Waals surface area contributed by atoms with E-state index in [-0.39, 0.29) is 0 Å². The maximum atomic E-state index is 6.17. The molecule has 0 spiro atoms. The number of nitrogen functional groups attached to an aromatic ring is 1. The minimum absolute atomic E-state index is 0.618. The molecule has 5 heteroatoms. The summed E-state index contributed by atoms with van der Waals surface area (Å²) in [7, 11) is 1.94. The first kappa shape index (κ1) is 13.6. The molecule has 0 unspecified atom stereocenters. The fourth-order valence-corrected chi connectivity index (χ4v) is 2.10. The molecule has 2 N–H and O–H groups in total. The van der Waals surface area contributed by atoms with Crippen molar-refractivity contribution >= 4 is 23.2 Å². The molecule has 19 heavy (non-hydrogen) atoms. The standard InChI is InChI=1S/C14H17ClN4/c1-9-6-10(2)18-14(17-9)19(3)8-11-7-12(16)4-5-13(11)15/h4-7H,8,16H2,1-3H3. The zero-order chi connectivity index (χ0) is 14.0. The summed E-state index contributed by atoms with van der Waals surface area (Å²) in [6.45, 7) is 4.53. The second kappa shape index (κ2) is 5.45. The van der Waals surface area contributed by atoms with Gasteiger partial charge >= 0.3 is 0 Å². The maximum absolute atomic E-state index is 6.17. The molecule has 1 aromatic carbocycles. The lowest BCUT2D eigenvalue weighted by Gasteiger charge is -2.19. The van der Waals surface area contributed by atoms with Crippen molar-refractivity contribution in [2.24, 2.45) is 0 Å². The van der Waals surface area contributed by atoms with E-state index in [1.54, 1.807) is 6.07 Å². The monoisotopic (exact) mass is 276 g/mol. The van der Waals surface area contributed by atoms with Gasteiger partial charge in [0, 0.05) is 35.7 Å². The lowest BCUT2D eigenvalue weighted by Crippen LogP contribution is -2.20. The molecule has 1 heterocycles. The molecule has 0 radical (unpaired) electrons. The Bertz CT molecular complexity index is 578. The summed E-state index contributed by atoms with van der Waals surface area (Å²) in [6, 6.07) is 7.42. The first-order valence-electron chi connectivity index (χ1n) is 6.03. The third kappa shape index (κ3) is 3.35. The maximum Gasteiger partial charge on any atom is 0.225 e. The molecule has 2 aromatic rings. The van der Waals surface area contributed by atoms with Crippen molar-refractivity contribution in [2.45, 2.75) is 20.4 Å². The Balaban J connectivity index is 2.25. The number of hydrogen-bond donors (Lipinski definition) is 1. The third-order valence-electron chi connectivity index (χ3n) is 2.79. The number of rotatable bonds is 3. The molecule has 0 aliphatic rings. The van der Waals surface area contributed by atoms with E-state index in [1.165, 1.54) is 0 Å². The molecule has 0 fully saturated rings. The van der Waals surface area contributed by atoms with Gasteiger partial charge in [-0.2, -0.15) is 0 Å². The van der Waals surface area contributed by atoms with Crippen LogP contribution < -0.4 is 10.6 Å². The average molecular weight is 277 g/mol. The lowest BCUT2D eigenvalue weighted by molar-refractivity contribution is 0.852. The molecule has 0 saturated carbocycles. The molecule has 0 atom stereocenters. The van der Waals surface area contributed by atoms with Gasteiger partial charge in [0.25, 0.3) is 0 Å².